The zero-order valence-electron chi connectivity index (χ0n) is 6.10. The highest BCUT2D eigenvalue weighted by atomic mass is 16.5. The van der Waals surface area contributed by atoms with Crippen molar-refractivity contribution in [2.75, 3.05) is 7.11 Å². The third kappa shape index (κ3) is 2.90. The SMILES string of the molecule is CCC(=COC)C(C)=O. The molecule has 2 heteroatoms. The van der Waals surface area contributed by atoms with Crippen LogP contribution >= 0.6 is 0 Å². The van der Waals surface area contributed by atoms with Crippen molar-refractivity contribution in [1.82, 2.24) is 0 Å². The lowest BCUT2D eigenvalue weighted by atomic mass is 10.2. The molecule has 0 rings (SSSR count). The molecule has 9 heavy (non-hydrogen) atoms. The topological polar surface area (TPSA) is 26.3 Å². The molecule has 0 saturated heterocycles. The predicted molar refractivity (Wildman–Crippen MR) is 36.1 cm³/mol. The van der Waals surface area contributed by atoms with Crippen LogP contribution in [-0.2, 0) is 9.53 Å². The Morgan fingerprint density at radius 2 is 2.22 bits per heavy atom. The summed E-state index contributed by atoms with van der Waals surface area (Å²) in [5.41, 5.74) is 0.734. The van der Waals surface area contributed by atoms with E-state index >= 15 is 0 Å². The molecule has 0 bridgehead atoms. The van der Waals surface area contributed by atoms with Gasteiger partial charge in [0.25, 0.3) is 0 Å². The quantitative estimate of drug-likeness (QED) is 0.425. The first kappa shape index (κ1) is 8.21. The van der Waals surface area contributed by atoms with Crippen LogP contribution in [-0.4, -0.2) is 12.9 Å². The molecule has 0 radical (unpaired) electrons. The molecule has 52 valence electrons. The number of hydrogen-bond acceptors (Lipinski definition) is 2. The number of hydrogen-bond donors (Lipinski definition) is 0. The van der Waals surface area contributed by atoms with E-state index in [9.17, 15) is 4.79 Å². The molecule has 0 spiro atoms. The van der Waals surface area contributed by atoms with Gasteiger partial charge >= 0.3 is 0 Å². The molecule has 0 aliphatic rings. The lowest BCUT2D eigenvalue weighted by Gasteiger charge is -1.95. The predicted octanol–water partition coefficient (Wildman–Crippen LogP) is 1.52. The van der Waals surface area contributed by atoms with Crippen LogP contribution < -0.4 is 0 Å². The molecule has 2 nitrogen and oxygen atoms in total. The fraction of sp³-hybridized carbons (Fsp3) is 0.571. The Bertz CT molecular complexity index is 125. The summed E-state index contributed by atoms with van der Waals surface area (Å²) in [5, 5.41) is 0. The van der Waals surface area contributed by atoms with Gasteiger partial charge in [0, 0.05) is 5.57 Å². The molecular weight excluding hydrogens is 116 g/mol. The maximum atomic E-state index is 10.6. The van der Waals surface area contributed by atoms with Crippen LogP contribution in [0.1, 0.15) is 20.3 Å². The van der Waals surface area contributed by atoms with Crippen molar-refractivity contribution in [2.24, 2.45) is 0 Å². The highest BCUT2D eigenvalue weighted by Gasteiger charge is 1.98. The van der Waals surface area contributed by atoms with Gasteiger partial charge in [-0.25, -0.2) is 0 Å². The largest absolute Gasteiger partial charge is 0.504 e. The van der Waals surface area contributed by atoms with Crippen LogP contribution in [0, 0.1) is 0 Å². The Labute approximate surface area is 55.5 Å². The minimum absolute atomic E-state index is 0.0827. The van der Waals surface area contributed by atoms with Crippen LogP contribution in [0.2, 0.25) is 0 Å². The van der Waals surface area contributed by atoms with Gasteiger partial charge in [-0.05, 0) is 13.3 Å². The second-order valence-corrected chi connectivity index (χ2v) is 1.79. The Morgan fingerprint density at radius 1 is 1.67 bits per heavy atom. The van der Waals surface area contributed by atoms with E-state index in [1.165, 1.54) is 13.2 Å². The van der Waals surface area contributed by atoms with Crippen molar-refractivity contribution >= 4 is 5.78 Å². The van der Waals surface area contributed by atoms with E-state index < -0.39 is 0 Å². The molecule has 0 aliphatic carbocycles. The molecule has 0 aromatic heterocycles. The molecule has 0 amide bonds. The number of methoxy groups -OCH3 is 1. The van der Waals surface area contributed by atoms with E-state index in [0.29, 0.717) is 0 Å². The third-order valence-corrected chi connectivity index (χ3v) is 1.09. The lowest BCUT2D eigenvalue weighted by molar-refractivity contribution is -0.113. The molecule has 0 aromatic carbocycles. The van der Waals surface area contributed by atoms with Gasteiger partial charge in [0.05, 0.1) is 13.4 Å². The van der Waals surface area contributed by atoms with Gasteiger partial charge in [0.1, 0.15) is 0 Å². The summed E-state index contributed by atoms with van der Waals surface area (Å²) in [6, 6.07) is 0. The van der Waals surface area contributed by atoms with Gasteiger partial charge in [0.2, 0.25) is 0 Å². The standard InChI is InChI=1S/C7H12O2/c1-4-7(5-9-3)6(2)8/h5H,4H2,1-3H3. The number of Topliss-reactive ketones (excluding diaryl/α,β-unsaturated/α-hetero) is 1. The molecule has 0 heterocycles. The van der Waals surface area contributed by atoms with Gasteiger partial charge in [-0.1, -0.05) is 6.92 Å². The van der Waals surface area contributed by atoms with Crippen LogP contribution in [0.5, 0.6) is 0 Å². The summed E-state index contributed by atoms with van der Waals surface area (Å²) in [6.45, 7) is 3.46. The highest BCUT2D eigenvalue weighted by molar-refractivity contribution is 5.92. The minimum atomic E-state index is 0.0827. The summed E-state index contributed by atoms with van der Waals surface area (Å²) in [4.78, 5) is 10.6. The second kappa shape index (κ2) is 4.13. The Balaban J connectivity index is 3.98. The lowest BCUT2D eigenvalue weighted by Crippen LogP contribution is -1.94. The number of allylic oxidation sites excluding steroid dienone is 1. The van der Waals surface area contributed by atoms with E-state index in [-0.39, 0.29) is 5.78 Å². The summed E-state index contributed by atoms with van der Waals surface area (Å²) < 4.78 is 4.67. The first-order valence-corrected chi connectivity index (χ1v) is 2.95. The van der Waals surface area contributed by atoms with Gasteiger partial charge in [-0.15, -0.1) is 0 Å². The Kier molecular flexibility index (Phi) is 3.76. The third-order valence-electron chi connectivity index (χ3n) is 1.09. The number of rotatable bonds is 3. The average molecular weight is 128 g/mol. The molecule has 0 unspecified atom stereocenters. The summed E-state index contributed by atoms with van der Waals surface area (Å²) in [7, 11) is 1.54. The van der Waals surface area contributed by atoms with Crippen LogP contribution in [0.15, 0.2) is 11.8 Å². The van der Waals surface area contributed by atoms with E-state index in [2.05, 4.69) is 4.74 Å². The minimum Gasteiger partial charge on any atom is -0.504 e. The van der Waals surface area contributed by atoms with Crippen molar-refractivity contribution < 1.29 is 9.53 Å². The van der Waals surface area contributed by atoms with E-state index in [4.69, 9.17) is 0 Å². The average Bonchev–Trinajstić information content (AvgIpc) is 1.82. The summed E-state index contributed by atoms with van der Waals surface area (Å²) >= 11 is 0. The monoisotopic (exact) mass is 128 g/mol. The van der Waals surface area contributed by atoms with E-state index in [1.807, 2.05) is 6.92 Å². The Hall–Kier alpha value is -0.790. The fourth-order valence-corrected chi connectivity index (χ4v) is 0.558. The molecular formula is C7H12O2. The summed E-state index contributed by atoms with van der Waals surface area (Å²) in [6.07, 6.45) is 2.23. The summed E-state index contributed by atoms with van der Waals surface area (Å²) in [5.74, 6) is 0.0827. The van der Waals surface area contributed by atoms with Gasteiger partial charge in [-0.2, -0.15) is 0 Å². The number of carbonyl (C=O) groups is 1. The maximum Gasteiger partial charge on any atom is 0.158 e. The van der Waals surface area contributed by atoms with Crippen molar-refractivity contribution in [3.63, 3.8) is 0 Å². The van der Waals surface area contributed by atoms with Crippen molar-refractivity contribution in [2.45, 2.75) is 20.3 Å². The molecule has 0 atom stereocenters. The second-order valence-electron chi connectivity index (χ2n) is 1.79. The van der Waals surface area contributed by atoms with Gasteiger partial charge < -0.3 is 4.74 Å². The molecule has 0 fully saturated rings. The van der Waals surface area contributed by atoms with E-state index in [1.54, 1.807) is 7.11 Å². The fourth-order valence-electron chi connectivity index (χ4n) is 0.558. The van der Waals surface area contributed by atoms with E-state index in [0.717, 1.165) is 12.0 Å². The van der Waals surface area contributed by atoms with Crippen LogP contribution in [0.3, 0.4) is 0 Å². The first-order chi connectivity index (χ1) is 4.22. The van der Waals surface area contributed by atoms with Gasteiger partial charge in [0.15, 0.2) is 5.78 Å². The first-order valence-electron chi connectivity index (χ1n) is 2.95. The van der Waals surface area contributed by atoms with Gasteiger partial charge in [-0.3, -0.25) is 4.79 Å². The number of ether oxygens (including phenoxy) is 1. The number of carbonyl (C=O) groups excluding carboxylic acids is 1. The van der Waals surface area contributed by atoms with Crippen LogP contribution in [0.4, 0.5) is 0 Å². The smallest absolute Gasteiger partial charge is 0.158 e. The number of ketones is 1. The van der Waals surface area contributed by atoms with Crippen molar-refractivity contribution in [3.05, 3.63) is 11.8 Å². The Morgan fingerprint density at radius 3 is 2.33 bits per heavy atom. The zero-order valence-corrected chi connectivity index (χ0v) is 6.10. The highest BCUT2D eigenvalue weighted by Crippen LogP contribution is 2.00. The normalized spacial score (nSPS) is 11.2. The molecule has 0 aromatic rings. The molecule has 0 aliphatic heterocycles. The maximum absolute atomic E-state index is 10.6. The molecule has 0 N–H and O–H groups in total. The van der Waals surface area contributed by atoms with Crippen LogP contribution in [0.25, 0.3) is 0 Å². The van der Waals surface area contributed by atoms with Crippen molar-refractivity contribution in [1.29, 1.82) is 0 Å². The zero-order chi connectivity index (χ0) is 7.28. The molecule has 0 saturated carbocycles. The van der Waals surface area contributed by atoms with Crippen molar-refractivity contribution in [3.8, 4) is 0 Å².